The summed E-state index contributed by atoms with van der Waals surface area (Å²) in [5.41, 5.74) is 6.73. The van der Waals surface area contributed by atoms with E-state index in [1.165, 1.54) is 23.3 Å². The minimum absolute atomic E-state index is 0.106. The van der Waals surface area contributed by atoms with Crippen LogP contribution in [0.15, 0.2) is 52.9 Å². The van der Waals surface area contributed by atoms with Crippen LogP contribution in [0.2, 0.25) is 0 Å². The molecule has 0 atom stereocenters. The molecule has 6 heteroatoms. The van der Waals surface area contributed by atoms with Crippen molar-refractivity contribution in [3.8, 4) is 5.75 Å². The molecule has 3 rings (SSSR count). The van der Waals surface area contributed by atoms with E-state index in [0.717, 1.165) is 34.4 Å². The molecule has 0 unspecified atom stereocenters. The summed E-state index contributed by atoms with van der Waals surface area (Å²) in [6.07, 6.45) is 2.87. The normalized spacial score (nSPS) is 15.3. The van der Waals surface area contributed by atoms with Crippen LogP contribution in [0.5, 0.6) is 5.75 Å². The fourth-order valence-corrected chi connectivity index (χ4v) is 3.85. The van der Waals surface area contributed by atoms with Gasteiger partial charge in [-0.3, -0.25) is 0 Å². The maximum absolute atomic E-state index is 11.4. The first kappa shape index (κ1) is 19.4. The second-order valence-electron chi connectivity index (χ2n) is 6.43. The van der Waals surface area contributed by atoms with Crippen LogP contribution in [0, 0.1) is 0 Å². The van der Waals surface area contributed by atoms with Gasteiger partial charge in [-0.15, -0.1) is 0 Å². The van der Waals surface area contributed by atoms with Crippen LogP contribution in [0.4, 0.5) is 0 Å². The zero-order valence-corrected chi connectivity index (χ0v) is 16.5. The summed E-state index contributed by atoms with van der Waals surface area (Å²) in [4.78, 5) is 0.106. The maximum atomic E-state index is 11.4. The first-order valence-corrected chi connectivity index (χ1v) is 10.1. The van der Waals surface area contributed by atoms with Crippen LogP contribution in [0.3, 0.4) is 0 Å². The van der Waals surface area contributed by atoms with Gasteiger partial charge < -0.3 is 9.47 Å². The van der Waals surface area contributed by atoms with Gasteiger partial charge in [0, 0.05) is 7.11 Å². The Morgan fingerprint density at radius 2 is 1.74 bits per heavy atom. The van der Waals surface area contributed by atoms with Gasteiger partial charge in [0.05, 0.1) is 18.6 Å². The lowest BCUT2D eigenvalue weighted by molar-refractivity contribution is 0.206. The molecule has 0 fully saturated rings. The van der Waals surface area contributed by atoms with Crippen molar-refractivity contribution in [3.05, 3.63) is 64.7 Å². The number of nitrogens with two attached hydrogens (primary N) is 1. The van der Waals surface area contributed by atoms with Crippen molar-refractivity contribution in [2.45, 2.75) is 18.2 Å². The summed E-state index contributed by atoms with van der Waals surface area (Å²) in [7, 11) is -0.337. The molecule has 0 heterocycles. The minimum Gasteiger partial charge on any atom is -0.497 e. The zero-order valence-electron chi connectivity index (χ0n) is 15.7. The Labute approximate surface area is 160 Å². The molecule has 2 aromatic carbocycles. The average Bonchev–Trinajstić information content (AvgIpc) is 2.90. The smallest absolute Gasteiger partial charge is 0.238 e. The van der Waals surface area contributed by atoms with E-state index >= 15 is 0 Å². The Kier molecular flexibility index (Phi) is 5.51. The SMILES string of the molecule is COCCC1=C(C)/C(=C/c2ccc(S(N)(=O)=O)cc2)c2ccc(OC)cc21. The summed E-state index contributed by atoms with van der Waals surface area (Å²) >= 11 is 0. The van der Waals surface area contributed by atoms with Crippen molar-refractivity contribution in [2.75, 3.05) is 20.8 Å². The standard InChI is InChI=1S/C21H23NO4S/c1-14-18(10-11-25-2)21-13-16(26-3)6-9-19(21)20(14)12-15-4-7-17(8-5-15)27(22,23)24/h4-9,12-13H,10-11H2,1-3H3,(H2,22,23,24)/b20-12-. The van der Waals surface area contributed by atoms with Crippen molar-refractivity contribution in [3.63, 3.8) is 0 Å². The third-order valence-electron chi connectivity index (χ3n) is 4.77. The fourth-order valence-electron chi connectivity index (χ4n) is 3.33. The van der Waals surface area contributed by atoms with Gasteiger partial charge in [0.2, 0.25) is 10.0 Å². The monoisotopic (exact) mass is 385 g/mol. The second-order valence-corrected chi connectivity index (χ2v) is 7.99. The van der Waals surface area contributed by atoms with Crippen molar-refractivity contribution in [1.82, 2.24) is 0 Å². The minimum atomic E-state index is -3.69. The molecular formula is C21H23NO4S. The highest BCUT2D eigenvalue weighted by molar-refractivity contribution is 7.89. The molecule has 1 aliphatic rings. The highest BCUT2D eigenvalue weighted by Crippen LogP contribution is 2.44. The molecule has 0 bridgehead atoms. The molecule has 0 aromatic heterocycles. The summed E-state index contributed by atoms with van der Waals surface area (Å²) < 4.78 is 33.5. The van der Waals surface area contributed by atoms with Crippen molar-refractivity contribution >= 4 is 27.2 Å². The molecule has 2 aromatic rings. The number of methoxy groups -OCH3 is 2. The number of allylic oxidation sites excluding steroid dienone is 2. The topological polar surface area (TPSA) is 78.6 Å². The van der Waals surface area contributed by atoms with Crippen LogP contribution in [-0.2, 0) is 14.8 Å². The molecule has 2 N–H and O–H groups in total. The molecule has 5 nitrogen and oxygen atoms in total. The molecule has 142 valence electrons. The van der Waals surface area contributed by atoms with Gasteiger partial charge in [-0.25, -0.2) is 13.6 Å². The van der Waals surface area contributed by atoms with Crippen molar-refractivity contribution < 1.29 is 17.9 Å². The van der Waals surface area contributed by atoms with E-state index < -0.39 is 10.0 Å². The number of sulfonamides is 1. The number of rotatable bonds is 6. The van der Waals surface area contributed by atoms with E-state index in [9.17, 15) is 8.42 Å². The Morgan fingerprint density at radius 1 is 1.04 bits per heavy atom. The number of primary sulfonamides is 1. The molecule has 0 spiro atoms. The summed E-state index contributed by atoms with van der Waals surface area (Å²) in [5.74, 6) is 0.815. The molecule has 0 saturated carbocycles. The molecule has 0 aliphatic heterocycles. The van der Waals surface area contributed by atoms with E-state index in [0.29, 0.717) is 6.61 Å². The Hall–Kier alpha value is -2.41. The maximum Gasteiger partial charge on any atom is 0.238 e. The number of fused-ring (bicyclic) bond motifs is 1. The number of hydrogen-bond acceptors (Lipinski definition) is 4. The summed E-state index contributed by atoms with van der Waals surface area (Å²) in [6.45, 7) is 2.74. The molecular weight excluding hydrogens is 362 g/mol. The predicted octanol–water partition coefficient (Wildman–Crippen LogP) is 3.71. The Balaban J connectivity index is 2.07. The van der Waals surface area contributed by atoms with Gasteiger partial charge in [0.25, 0.3) is 0 Å². The van der Waals surface area contributed by atoms with Gasteiger partial charge in [-0.1, -0.05) is 18.2 Å². The van der Waals surface area contributed by atoms with Crippen molar-refractivity contribution in [1.29, 1.82) is 0 Å². The predicted molar refractivity (Wildman–Crippen MR) is 108 cm³/mol. The van der Waals surface area contributed by atoms with Crippen LogP contribution < -0.4 is 9.88 Å². The number of benzene rings is 2. The lowest BCUT2D eigenvalue weighted by Crippen LogP contribution is -2.11. The van der Waals surface area contributed by atoms with E-state index in [2.05, 4.69) is 25.1 Å². The van der Waals surface area contributed by atoms with Crippen LogP contribution in [0.25, 0.3) is 17.2 Å². The van der Waals surface area contributed by atoms with Crippen LogP contribution >= 0.6 is 0 Å². The van der Waals surface area contributed by atoms with E-state index in [-0.39, 0.29) is 4.90 Å². The first-order chi connectivity index (χ1) is 12.8. The Morgan fingerprint density at radius 3 is 2.33 bits per heavy atom. The molecule has 1 aliphatic carbocycles. The highest BCUT2D eigenvalue weighted by Gasteiger charge is 2.24. The molecule has 0 saturated heterocycles. The lowest BCUT2D eigenvalue weighted by Gasteiger charge is -2.08. The van der Waals surface area contributed by atoms with Gasteiger partial charge >= 0.3 is 0 Å². The number of ether oxygens (including phenoxy) is 2. The van der Waals surface area contributed by atoms with Gasteiger partial charge in [-0.05, 0) is 77.1 Å². The first-order valence-electron chi connectivity index (χ1n) is 8.57. The average molecular weight is 385 g/mol. The van der Waals surface area contributed by atoms with Gasteiger partial charge in [-0.2, -0.15) is 0 Å². The Bertz CT molecular complexity index is 1020. The zero-order chi connectivity index (χ0) is 19.6. The van der Waals surface area contributed by atoms with Gasteiger partial charge in [0.15, 0.2) is 0 Å². The van der Waals surface area contributed by atoms with E-state index in [4.69, 9.17) is 14.6 Å². The molecule has 0 radical (unpaired) electrons. The van der Waals surface area contributed by atoms with E-state index in [1.54, 1.807) is 26.4 Å². The molecule has 0 amide bonds. The van der Waals surface area contributed by atoms with Crippen molar-refractivity contribution in [2.24, 2.45) is 5.14 Å². The second kappa shape index (κ2) is 7.68. The van der Waals surface area contributed by atoms with Gasteiger partial charge in [0.1, 0.15) is 5.75 Å². The fraction of sp³-hybridized carbons (Fsp3) is 0.238. The van der Waals surface area contributed by atoms with Crippen LogP contribution in [0.1, 0.15) is 30.0 Å². The van der Waals surface area contributed by atoms with E-state index in [1.807, 2.05) is 6.07 Å². The van der Waals surface area contributed by atoms with Crippen LogP contribution in [-0.4, -0.2) is 29.2 Å². The summed E-state index contributed by atoms with van der Waals surface area (Å²) in [5, 5.41) is 5.17. The third kappa shape index (κ3) is 3.98. The number of hydrogen-bond donors (Lipinski definition) is 1. The largest absolute Gasteiger partial charge is 0.497 e. The summed E-state index contributed by atoms with van der Waals surface area (Å²) in [6, 6.07) is 12.6. The quantitative estimate of drug-likeness (QED) is 0.822. The third-order valence-corrected chi connectivity index (χ3v) is 5.70. The molecule has 27 heavy (non-hydrogen) atoms. The lowest BCUT2D eigenvalue weighted by atomic mass is 10.0. The highest BCUT2D eigenvalue weighted by atomic mass is 32.2.